The number of hydrogen-bond acceptors (Lipinski definition) is 6. The summed E-state index contributed by atoms with van der Waals surface area (Å²) < 4.78 is 71.2. The largest absolute Gasteiger partial charge is 0.509 e. The summed E-state index contributed by atoms with van der Waals surface area (Å²) in [5.41, 5.74) is 10.9. The van der Waals surface area contributed by atoms with Gasteiger partial charge in [-0.15, -0.1) is 53.6 Å². The van der Waals surface area contributed by atoms with Crippen LogP contribution in [-0.2, 0) is 28.0 Å². The first kappa shape index (κ1) is 36.5. The standard InChI is InChI=1S/C61H42B2N7O.Pt/c1-65-56-27-8-6-25-54(56)64-61(65)70-55-26-7-5-20-48(55)49-31-30-46(41-59(49)70)71-47-39-44(43-18-3-2-4-19-43)38-45(40-47)68-42-69(58-29-10-9-28-57(58)68)60-50(52-23-16-36-66-34-13-11-32-62(52)66)21-15-22-51(60)53-24-17-37-67-35-14-12-33-63(53)67;/h2-39,42H,1H3;/q-3;/i1D3,5D,7D,20D,26D;. The summed E-state index contributed by atoms with van der Waals surface area (Å²) in [4.78, 5) is 13.7. The molecule has 0 radical (unpaired) electrons. The Morgan fingerprint density at radius 1 is 0.611 bits per heavy atom. The van der Waals surface area contributed by atoms with E-state index in [0.717, 1.165) is 54.8 Å². The second-order valence-corrected chi connectivity index (χ2v) is 17.7. The number of hydrogen-bond donors (Lipinski definition) is 0. The van der Waals surface area contributed by atoms with Crippen LogP contribution in [0.4, 0.5) is 22.7 Å². The number of aryl methyl sites for hydroxylation is 1. The van der Waals surface area contributed by atoms with E-state index in [0.29, 0.717) is 27.9 Å². The van der Waals surface area contributed by atoms with E-state index in [4.69, 9.17) is 17.9 Å². The number of aromatic nitrogens is 3. The summed E-state index contributed by atoms with van der Waals surface area (Å²) in [7, 11) is 0. The van der Waals surface area contributed by atoms with E-state index in [1.54, 1.807) is 36.4 Å². The van der Waals surface area contributed by atoms with Crippen molar-refractivity contribution in [1.29, 1.82) is 0 Å². The van der Waals surface area contributed by atoms with Crippen LogP contribution in [0.15, 0.2) is 231 Å². The topological polar surface area (TPSA) is 44.9 Å². The number of allylic oxidation sites excluding steroid dienone is 8. The van der Waals surface area contributed by atoms with Crippen LogP contribution >= 0.6 is 0 Å². The van der Waals surface area contributed by atoms with Crippen LogP contribution in [0, 0.1) is 18.8 Å². The van der Waals surface area contributed by atoms with Crippen molar-refractivity contribution in [2.45, 2.75) is 0 Å². The molecular weight excluding hydrogens is 1060 g/mol. The third kappa shape index (κ3) is 7.16. The smallest absolute Gasteiger partial charge is 0.320 e. The SMILES string of the molecule is [2H]c1c([2H])c([2H])c2c(c1[2H])c1ccc(Oc3[c-]c(N4[CH-]N(c5c(C6=CC=CN7C=CC=CB67)cccc5C5=CC=CN6C=CC=CB56)c5ccccc54)cc(-c4ccccc4)c3)[c-]c1n2-c1nc2ccccc2n1C([2H])([2H])[2H].[Pt]. The number of nitrogens with zero attached hydrogens (tertiary/aromatic N) is 7. The normalized spacial score (nSPS) is 16.9. The molecule has 0 fully saturated rings. The van der Waals surface area contributed by atoms with Gasteiger partial charge in [-0.1, -0.05) is 133 Å². The Balaban J connectivity index is 0.00000591. The van der Waals surface area contributed by atoms with Gasteiger partial charge in [0, 0.05) is 66.2 Å². The minimum Gasteiger partial charge on any atom is -0.509 e. The van der Waals surface area contributed by atoms with Crippen molar-refractivity contribution in [3.8, 4) is 28.6 Å². The van der Waals surface area contributed by atoms with Crippen molar-refractivity contribution in [2.75, 3.05) is 9.80 Å². The van der Waals surface area contributed by atoms with Crippen molar-refractivity contribution in [2.24, 2.45) is 6.98 Å². The van der Waals surface area contributed by atoms with Crippen LogP contribution in [0.3, 0.4) is 0 Å². The Morgan fingerprint density at radius 2 is 1.29 bits per heavy atom. The van der Waals surface area contributed by atoms with E-state index in [9.17, 15) is 1.37 Å². The van der Waals surface area contributed by atoms with E-state index in [-0.39, 0.29) is 75.0 Å². The summed E-state index contributed by atoms with van der Waals surface area (Å²) in [6.07, 6.45) is 25.4. The van der Waals surface area contributed by atoms with Gasteiger partial charge in [0.25, 0.3) is 0 Å². The summed E-state index contributed by atoms with van der Waals surface area (Å²) in [6, 6.07) is 44.7. The van der Waals surface area contributed by atoms with Crippen molar-refractivity contribution in [3.05, 3.63) is 261 Å². The van der Waals surface area contributed by atoms with Crippen LogP contribution in [0.25, 0.3) is 60.9 Å². The van der Waals surface area contributed by atoms with E-state index in [1.807, 2.05) is 42.5 Å². The molecule has 0 aliphatic carbocycles. The Labute approximate surface area is 443 Å². The molecule has 2 aromatic heterocycles. The van der Waals surface area contributed by atoms with Crippen molar-refractivity contribution >= 4 is 80.2 Å². The second kappa shape index (κ2) is 17.7. The minimum atomic E-state index is -2.73. The summed E-state index contributed by atoms with van der Waals surface area (Å²) in [5.74, 6) is 4.97. The van der Waals surface area contributed by atoms with Crippen LogP contribution in [0.5, 0.6) is 11.5 Å². The zero-order valence-electron chi connectivity index (χ0n) is 45.2. The van der Waals surface area contributed by atoms with Crippen LogP contribution in [0.2, 0.25) is 0 Å². The Hall–Kier alpha value is -8.45. The maximum Gasteiger partial charge on any atom is 0.320 e. The van der Waals surface area contributed by atoms with Gasteiger partial charge in [-0.25, -0.2) is 4.98 Å². The molecule has 14 rings (SSSR count). The molecule has 72 heavy (non-hydrogen) atoms. The van der Waals surface area contributed by atoms with Gasteiger partial charge in [-0.05, 0) is 112 Å². The molecule has 0 spiro atoms. The first-order valence-corrected chi connectivity index (χ1v) is 23.4. The van der Waals surface area contributed by atoms with Crippen LogP contribution in [-0.4, -0.2) is 37.4 Å². The first-order chi connectivity index (χ1) is 38.0. The number of ether oxygens (including phenoxy) is 1. The molecule has 5 aliphatic heterocycles. The number of rotatable bonds is 8. The Bertz CT molecular complexity index is 4200. The maximum atomic E-state index is 9.20. The molecule has 0 unspecified atom stereocenters. The fraction of sp³-hybridized carbons (Fsp3) is 0.0164. The zero-order chi connectivity index (χ0) is 53.0. The molecule has 5 aliphatic rings. The molecule has 7 heterocycles. The fourth-order valence-electron chi connectivity index (χ4n) is 10.4. The van der Waals surface area contributed by atoms with Gasteiger partial charge in [0.05, 0.1) is 16.5 Å². The van der Waals surface area contributed by atoms with Crippen LogP contribution in [0.1, 0.15) is 20.7 Å². The van der Waals surface area contributed by atoms with Gasteiger partial charge in [0.2, 0.25) is 5.95 Å². The average molecular weight is 1110 g/mol. The number of fused-ring (bicyclic) bond motifs is 7. The molecule has 0 saturated heterocycles. The molecular formula is C61H42B2N7OPt-3. The molecule has 8 nitrogen and oxygen atoms in total. The maximum absolute atomic E-state index is 9.20. The van der Waals surface area contributed by atoms with Gasteiger partial charge in [-0.3, -0.25) is 0 Å². The number of benzene rings is 7. The number of anilines is 4. The van der Waals surface area contributed by atoms with Crippen LogP contribution < -0.4 is 14.5 Å². The molecule has 0 amide bonds. The van der Waals surface area contributed by atoms with E-state index in [2.05, 4.69) is 166 Å². The summed E-state index contributed by atoms with van der Waals surface area (Å²) in [5, 5.41) is 0.605. The molecule has 0 bridgehead atoms. The molecule has 9 aromatic rings. The van der Waals surface area contributed by atoms with E-state index >= 15 is 0 Å². The van der Waals surface area contributed by atoms with Crippen molar-refractivity contribution in [3.63, 3.8) is 0 Å². The molecule has 346 valence electrons. The third-order valence-electron chi connectivity index (χ3n) is 13.6. The average Bonchev–Trinajstić information content (AvgIpc) is 3.95. The molecule has 11 heteroatoms. The minimum absolute atomic E-state index is 0. The van der Waals surface area contributed by atoms with Gasteiger partial charge >= 0.3 is 13.7 Å². The number of para-hydroxylation sites is 6. The summed E-state index contributed by atoms with van der Waals surface area (Å²) in [6.45, 7) is -0.653. The van der Waals surface area contributed by atoms with E-state index < -0.39 is 19.1 Å². The Morgan fingerprint density at radius 3 is 2.04 bits per heavy atom. The monoisotopic (exact) mass is 1110 g/mol. The molecule has 0 N–H and O–H groups in total. The van der Waals surface area contributed by atoms with Crippen molar-refractivity contribution < 1.29 is 35.4 Å². The molecule has 7 aromatic carbocycles. The second-order valence-electron chi connectivity index (χ2n) is 17.7. The summed E-state index contributed by atoms with van der Waals surface area (Å²) >= 11 is 0. The Kier molecular flexibility index (Phi) is 8.99. The van der Waals surface area contributed by atoms with E-state index in [1.165, 1.54) is 4.57 Å². The third-order valence-corrected chi connectivity index (χ3v) is 13.6. The predicted octanol–water partition coefficient (Wildman–Crippen LogP) is 13.9. The van der Waals surface area contributed by atoms with Gasteiger partial charge in [-0.2, -0.15) is 6.07 Å². The molecule has 0 saturated carbocycles. The van der Waals surface area contributed by atoms with Gasteiger partial charge in [0.15, 0.2) is 0 Å². The quantitative estimate of drug-likeness (QED) is 0.112. The zero-order valence-corrected chi connectivity index (χ0v) is 40.5. The predicted molar refractivity (Wildman–Crippen MR) is 292 cm³/mol. The van der Waals surface area contributed by atoms with Gasteiger partial charge < -0.3 is 33.3 Å². The van der Waals surface area contributed by atoms with Gasteiger partial charge in [0.1, 0.15) is 0 Å². The first-order valence-electron chi connectivity index (χ1n) is 26.9. The number of imidazole rings is 1. The fourth-order valence-corrected chi connectivity index (χ4v) is 10.4. The molecule has 0 atom stereocenters. The van der Waals surface area contributed by atoms with Crippen molar-refractivity contribution in [1.82, 2.24) is 23.7 Å².